The van der Waals surface area contributed by atoms with Gasteiger partial charge in [0.1, 0.15) is 13.2 Å². The summed E-state index contributed by atoms with van der Waals surface area (Å²) in [7, 11) is 0. The molecule has 0 bridgehead atoms. The van der Waals surface area contributed by atoms with Crippen molar-refractivity contribution in [2.75, 3.05) is 19.8 Å². The van der Waals surface area contributed by atoms with Gasteiger partial charge >= 0.3 is 0 Å². The molecule has 0 aromatic heterocycles. The zero-order chi connectivity index (χ0) is 13.0. The van der Waals surface area contributed by atoms with E-state index in [0.29, 0.717) is 36.8 Å². The van der Waals surface area contributed by atoms with Gasteiger partial charge in [-0.05, 0) is 25.5 Å². The summed E-state index contributed by atoms with van der Waals surface area (Å²) in [5.74, 6) is 0.995. The summed E-state index contributed by atoms with van der Waals surface area (Å²) in [6.07, 6.45) is 0.736. The van der Waals surface area contributed by atoms with Gasteiger partial charge < -0.3 is 14.8 Å². The summed E-state index contributed by atoms with van der Waals surface area (Å²) < 4.78 is 10.9. The molecule has 98 valence electrons. The monoisotopic (exact) mass is 269 g/mol. The van der Waals surface area contributed by atoms with Gasteiger partial charge in [-0.3, -0.25) is 4.79 Å². The zero-order valence-corrected chi connectivity index (χ0v) is 11.0. The summed E-state index contributed by atoms with van der Waals surface area (Å²) in [4.78, 5) is 12.0. The normalized spacial score (nSPS) is 15.0. The third-order valence-electron chi connectivity index (χ3n) is 2.64. The van der Waals surface area contributed by atoms with E-state index < -0.39 is 0 Å². The van der Waals surface area contributed by atoms with E-state index in [-0.39, 0.29) is 11.3 Å². The molecule has 1 N–H and O–H groups in total. The smallest absolute Gasteiger partial charge is 0.255 e. The second-order valence-corrected chi connectivity index (χ2v) is 4.90. The molecule has 1 atom stereocenters. The molecule has 2 rings (SSSR count). The lowest BCUT2D eigenvalue weighted by Gasteiger charge is -2.20. The maximum absolute atomic E-state index is 12.0. The van der Waals surface area contributed by atoms with E-state index in [1.807, 2.05) is 6.92 Å². The molecule has 0 spiro atoms. The highest BCUT2D eigenvalue weighted by molar-refractivity contribution is 6.20. The van der Waals surface area contributed by atoms with Gasteiger partial charge in [0.15, 0.2) is 11.5 Å². The number of benzene rings is 1. The van der Waals surface area contributed by atoms with Crippen LogP contribution in [0.2, 0.25) is 0 Å². The highest BCUT2D eigenvalue weighted by Gasteiger charge is 2.19. The number of hydrogen-bond acceptors (Lipinski definition) is 3. The van der Waals surface area contributed by atoms with Crippen LogP contribution in [0.3, 0.4) is 0 Å². The van der Waals surface area contributed by atoms with Crippen LogP contribution < -0.4 is 14.8 Å². The average molecular weight is 270 g/mol. The number of amides is 1. The first-order valence-electron chi connectivity index (χ1n) is 5.99. The fourth-order valence-corrected chi connectivity index (χ4v) is 1.84. The second-order valence-electron chi connectivity index (χ2n) is 4.16. The molecular formula is C13H16ClNO3. The Morgan fingerprint density at radius 1 is 1.44 bits per heavy atom. The van der Waals surface area contributed by atoms with Gasteiger partial charge in [-0.2, -0.15) is 0 Å². The van der Waals surface area contributed by atoms with Crippen molar-refractivity contribution in [2.24, 2.45) is 0 Å². The van der Waals surface area contributed by atoms with Crippen molar-refractivity contribution in [1.29, 1.82) is 0 Å². The summed E-state index contributed by atoms with van der Waals surface area (Å²) in [6.45, 7) is 3.43. The van der Waals surface area contributed by atoms with Gasteiger partial charge in [-0.1, -0.05) is 6.07 Å². The standard InChI is InChI=1S/C13H16ClNO3/c1-9(14)5-6-15-13(16)10-3-2-4-11-12(10)18-8-7-17-11/h2-4,9H,5-8H2,1H3,(H,15,16). The van der Waals surface area contributed by atoms with Crippen LogP contribution in [0.15, 0.2) is 18.2 Å². The summed E-state index contributed by atoms with van der Waals surface area (Å²) >= 11 is 5.83. The molecule has 4 nitrogen and oxygen atoms in total. The number of rotatable bonds is 4. The van der Waals surface area contributed by atoms with E-state index in [9.17, 15) is 4.79 Å². The number of carbonyl (C=O) groups excluding carboxylic acids is 1. The van der Waals surface area contributed by atoms with Crippen molar-refractivity contribution in [3.05, 3.63) is 23.8 Å². The van der Waals surface area contributed by atoms with Gasteiger partial charge in [0, 0.05) is 11.9 Å². The number of alkyl halides is 1. The lowest BCUT2D eigenvalue weighted by Crippen LogP contribution is -2.27. The highest BCUT2D eigenvalue weighted by atomic mass is 35.5. The molecular weight excluding hydrogens is 254 g/mol. The first-order valence-corrected chi connectivity index (χ1v) is 6.43. The Labute approximate surface area is 111 Å². The molecule has 0 fully saturated rings. The Bertz CT molecular complexity index is 434. The fraction of sp³-hybridized carbons (Fsp3) is 0.462. The summed E-state index contributed by atoms with van der Waals surface area (Å²) in [5.41, 5.74) is 0.509. The van der Waals surface area contributed by atoms with E-state index in [1.165, 1.54) is 0 Å². The van der Waals surface area contributed by atoms with Crippen LogP contribution in [0.5, 0.6) is 11.5 Å². The Morgan fingerprint density at radius 3 is 3.00 bits per heavy atom. The molecule has 1 heterocycles. The van der Waals surface area contributed by atoms with E-state index >= 15 is 0 Å². The van der Waals surface area contributed by atoms with Crippen molar-refractivity contribution < 1.29 is 14.3 Å². The molecule has 5 heteroatoms. The summed E-state index contributed by atoms with van der Waals surface area (Å²) in [5, 5.41) is 2.87. The summed E-state index contributed by atoms with van der Waals surface area (Å²) in [6, 6.07) is 5.31. The minimum atomic E-state index is -0.158. The van der Waals surface area contributed by atoms with Gasteiger partial charge in [0.2, 0.25) is 0 Å². The molecule has 0 saturated heterocycles. The quantitative estimate of drug-likeness (QED) is 0.853. The SMILES string of the molecule is CC(Cl)CCNC(=O)c1cccc2c1OCCO2. The number of fused-ring (bicyclic) bond motifs is 1. The van der Waals surface area contributed by atoms with E-state index in [1.54, 1.807) is 18.2 Å². The van der Waals surface area contributed by atoms with Crippen molar-refractivity contribution in [3.63, 3.8) is 0 Å². The van der Waals surface area contributed by atoms with Crippen molar-refractivity contribution >= 4 is 17.5 Å². The Balaban J connectivity index is 2.06. The Hall–Kier alpha value is -1.42. The average Bonchev–Trinajstić information content (AvgIpc) is 2.37. The van der Waals surface area contributed by atoms with Crippen molar-refractivity contribution in [1.82, 2.24) is 5.32 Å². The van der Waals surface area contributed by atoms with Crippen LogP contribution in [-0.2, 0) is 0 Å². The number of hydrogen-bond donors (Lipinski definition) is 1. The number of para-hydroxylation sites is 1. The highest BCUT2D eigenvalue weighted by Crippen LogP contribution is 2.33. The topological polar surface area (TPSA) is 47.6 Å². The predicted octanol–water partition coefficient (Wildman–Crippen LogP) is 2.21. The largest absolute Gasteiger partial charge is 0.486 e. The van der Waals surface area contributed by atoms with Gasteiger partial charge in [-0.25, -0.2) is 0 Å². The molecule has 1 aromatic carbocycles. The van der Waals surface area contributed by atoms with Crippen LogP contribution in [-0.4, -0.2) is 31.0 Å². The first kappa shape index (κ1) is 13.0. The Morgan fingerprint density at radius 2 is 2.22 bits per heavy atom. The number of carbonyl (C=O) groups is 1. The molecule has 1 aliphatic heterocycles. The van der Waals surface area contributed by atoms with Crippen LogP contribution in [0.4, 0.5) is 0 Å². The van der Waals surface area contributed by atoms with E-state index in [4.69, 9.17) is 21.1 Å². The minimum absolute atomic E-state index is 0.0505. The zero-order valence-electron chi connectivity index (χ0n) is 10.2. The minimum Gasteiger partial charge on any atom is -0.486 e. The lowest BCUT2D eigenvalue weighted by molar-refractivity contribution is 0.0942. The molecule has 0 radical (unpaired) electrons. The third-order valence-corrected chi connectivity index (χ3v) is 2.86. The molecule has 1 aliphatic rings. The van der Waals surface area contributed by atoms with Crippen LogP contribution in [0.1, 0.15) is 23.7 Å². The van der Waals surface area contributed by atoms with E-state index in [2.05, 4.69) is 5.32 Å². The van der Waals surface area contributed by atoms with Gasteiger partial charge in [-0.15, -0.1) is 11.6 Å². The van der Waals surface area contributed by atoms with Crippen molar-refractivity contribution in [3.8, 4) is 11.5 Å². The number of halogens is 1. The third kappa shape index (κ3) is 3.07. The first-order chi connectivity index (χ1) is 8.68. The van der Waals surface area contributed by atoms with Gasteiger partial charge in [0.25, 0.3) is 5.91 Å². The van der Waals surface area contributed by atoms with Crippen molar-refractivity contribution in [2.45, 2.75) is 18.7 Å². The molecule has 0 saturated carbocycles. The maximum atomic E-state index is 12.0. The second kappa shape index (κ2) is 5.96. The molecule has 0 aliphatic carbocycles. The van der Waals surface area contributed by atoms with Gasteiger partial charge in [0.05, 0.1) is 5.56 Å². The number of nitrogens with one attached hydrogen (secondary N) is 1. The molecule has 1 amide bonds. The van der Waals surface area contributed by atoms with Crippen LogP contribution >= 0.6 is 11.6 Å². The molecule has 18 heavy (non-hydrogen) atoms. The predicted molar refractivity (Wildman–Crippen MR) is 69.7 cm³/mol. The van der Waals surface area contributed by atoms with E-state index in [0.717, 1.165) is 6.42 Å². The Kier molecular flexibility index (Phi) is 4.31. The lowest BCUT2D eigenvalue weighted by atomic mass is 10.1. The van der Waals surface area contributed by atoms with Crippen LogP contribution in [0, 0.1) is 0 Å². The molecule has 1 aromatic rings. The fourth-order valence-electron chi connectivity index (χ4n) is 1.73. The molecule has 1 unspecified atom stereocenters. The maximum Gasteiger partial charge on any atom is 0.255 e. The number of ether oxygens (including phenoxy) is 2. The van der Waals surface area contributed by atoms with Crippen LogP contribution in [0.25, 0.3) is 0 Å².